The summed E-state index contributed by atoms with van der Waals surface area (Å²) in [6, 6.07) is 7.58. The van der Waals surface area contributed by atoms with Gasteiger partial charge in [0.25, 0.3) is 0 Å². The molecule has 2 aliphatic rings. The molecule has 2 N–H and O–H groups in total. The molecule has 2 unspecified atom stereocenters. The monoisotopic (exact) mass is 343 g/mol. The molecular formula is C20H29N3O2. The van der Waals surface area contributed by atoms with Crippen molar-refractivity contribution in [2.24, 2.45) is 11.8 Å². The third-order valence-electron chi connectivity index (χ3n) is 5.58. The highest BCUT2D eigenvalue weighted by atomic mass is 16.2. The van der Waals surface area contributed by atoms with Crippen molar-refractivity contribution in [3.05, 3.63) is 29.8 Å². The first-order valence-corrected chi connectivity index (χ1v) is 9.42. The Morgan fingerprint density at radius 2 is 1.92 bits per heavy atom. The first kappa shape index (κ1) is 17.9. The molecule has 2 atom stereocenters. The Hall–Kier alpha value is -1.88. The molecule has 0 saturated carbocycles. The van der Waals surface area contributed by atoms with Crippen molar-refractivity contribution in [2.75, 3.05) is 24.5 Å². The zero-order chi connectivity index (χ0) is 17.8. The number of rotatable bonds is 5. The van der Waals surface area contributed by atoms with Crippen LogP contribution in [0.1, 0.15) is 38.2 Å². The third-order valence-corrected chi connectivity index (χ3v) is 5.58. The number of aryl methyl sites for hydroxylation is 1. The summed E-state index contributed by atoms with van der Waals surface area (Å²) in [5.41, 5.74) is 2.09. The van der Waals surface area contributed by atoms with E-state index in [1.54, 1.807) is 4.90 Å². The summed E-state index contributed by atoms with van der Waals surface area (Å²) in [5, 5.41) is 6.32. The van der Waals surface area contributed by atoms with Crippen molar-refractivity contribution < 1.29 is 9.59 Å². The Kier molecular flexibility index (Phi) is 5.74. The summed E-state index contributed by atoms with van der Waals surface area (Å²) < 4.78 is 0. The van der Waals surface area contributed by atoms with Crippen molar-refractivity contribution in [3.63, 3.8) is 0 Å². The van der Waals surface area contributed by atoms with E-state index in [9.17, 15) is 9.59 Å². The summed E-state index contributed by atoms with van der Waals surface area (Å²) in [7, 11) is 0. The summed E-state index contributed by atoms with van der Waals surface area (Å²) in [4.78, 5) is 26.8. The molecule has 0 bridgehead atoms. The van der Waals surface area contributed by atoms with E-state index in [1.807, 2.05) is 31.2 Å². The Labute approximate surface area is 150 Å². The Balaban J connectivity index is 1.51. The molecule has 3 rings (SSSR count). The first-order valence-electron chi connectivity index (χ1n) is 9.42. The summed E-state index contributed by atoms with van der Waals surface area (Å²) >= 11 is 0. The van der Waals surface area contributed by atoms with Crippen LogP contribution >= 0.6 is 0 Å². The van der Waals surface area contributed by atoms with E-state index in [2.05, 4.69) is 17.6 Å². The predicted octanol–water partition coefficient (Wildman–Crippen LogP) is 2.24. The molecule has 2 aliphatic heterocycles. The lowest BCUT2D eigenvalue weighted by Crippen LogP contribution is -2.42. The highest BCUT2D eigenvalue weighted by molar-refractivity contribution is 6.01. The van der Waals surface area contributed by atoms with Crippen LogP contribution in [0.3, 0.4) is 0 Å². The molecule has 1 aromatic carbocycles. The highest BCUT2D eigenvalue weighted by Crippen LogP contribution is 2.25. The molecule has 5 heteroatoms. The molecule has 2 saturated heterocycles. The van der Waals surface area contributed by atoms with Crippen LogP contribution in [-0.2, 0) is 9.59 Å². The minimum absolute atomic E-state index is 0.00622. The zero-order valence-corrected chi connectivity index (χ0v) is 15.3. The van der Waals surface area contributed by atoms with Crippen molar-refractivity contribution >= 4 is 17.5 Å². The molecule has 0 aromatic heterocycles. The van der Waals surface area contributed by atoms with Gasteiger partial charge in [0.05, 0.1) is 0 Å². The Morgan fingerprint density at radius 1 is 1.24 bits per heavy atom. The quantitative estimate of drug-likeness (QED) is 0.862. The largest absolute Gasteiger partial charge is 0.344 e. The molecular weight excluding hydrogens is 314 g/mol. The van der Waals surface area contributed by atoms with E-state index in [-0.39, 0.29) is 17.9 Å². The minimum Gasteiger partial charge on any atom is -0.344 e. The average Bonchev–Trinajstić information content (AvgIpc) is 2.97. The number of benzene rings is 1. The fourth-order valence-corrected chi connectivity index (χ4v) is 3.92. The van der Waals surface area contributed by atoms with Crippen molar-refractivity contribution in [3.8, 4) is 0 Å². The second-order valence-electron chi connectivity index (χ2n) is 7.50. The van der Waals surface area contributed by atoms with Gasteiger partial charge in [-0.2, -0.15) is 0 Å². The predicted molar refractivity (Wildman–Crippen MR) is 99.5 cm³/mol. The van der Waals surface area contributed by atoms with Crippen LogP contribution in [0.5, 0.6) is 0 Å². The van der Waals surface area contributed by atoms with Crippen molar-refractivity contribution in [1.29, 1.82) is 0 Å². The number of nitrogens with one attached hydrogen (secondary N) is 2. The number of amides is 2. The minimum atomic E-state index is -0.381. The number of hydrogen-bond donors (Lipinski definition) is 2. The maximum Gasteiger partial charge on any atom is 0.249 e. The van der Waals surface area contributed by atoms with Gasteiger partial charge in [0.1, 0.15) is 6.04 Å². The normalized spacial score (nSPS) is 22.9. The molecule has 0 aliphatic carbocycles. The lowest BCUT2D eigenvalue weighted by Gasteiger charge is -2.28. The van der Waals surface area contributed by atoms with Gasteiger partial charge in [-0.15, -0.1) is 0 Å². The second-order valence-corrected chi connectivity index (χ2v) is 7.50. The summed E-state index contributed by atoms with van der Waals surface area (Å²) in [6.07, 6.45) is 3.47. The molecule has 2 heterocycles. The van der Waals surface area contributed by atoms with E-state index in [1.165, 1.54) is 5.56 Å². The maximum atomic E-state index is 12.6. The molecule has 0 spiro atoms. The van der Waals surface area contributed by atoms with E-state index < -0.39 is 0 Å². The van der Waals surface area contributed by atoms with Gasteiger partial charge in [-0.1, -0.05) is 24.6 Å². The van der Waals surface area contributed by atoms with Gasteiger partial charge >= 0.3 is 0 Å². The summed E-state index contributed by atoms with van der Waals surface area (Å²) in [6.45, 7) is 6.94. The fourth-order valence-electron chi connectivity index (χ4n) is 3.92. The van der Waals surface area contributed by atoms with Gasteiger partial charge in [-0.3, -0.25) is 9.59 Å². The molecule has 5 nitrogen and oxygen atoms in total. The molecule has 1 aromatic rings. The van der Waals surface area contributed by atoms with Gasteiger partial charge in [0.2, 0.25) is 11.8 Å². The first-order chi connectivity index (χ1) is 12.0. The SMILES string of the molecule is Cc1ccc(N2CCC(NC(=O)CC(C)C3CCNCC3)C2=O)cc1. The standard InChI is InChI=1S/C20H29N3O2/c1-14-3-5-17(6-4-14)23-12-9-18(20(23)25)22-19(24)13-15(2)16-7-10-21-11-8-16/h3-6,15-16,18,21H,7-13H2,1-2H3,(H,22,24). The number of piperidine rings is 1. The molecule has 2 fully saturated rings. The molecule has 2 amide bonds. The number of carbonyl (C=O) groups is 2. The lowest BCUT2D eigenvalue weighted by atomic mass is 9.84. The van der Waals surface area contributed by atoms with Crippen LogP contribution in [-0.4, -0.2) is 37.5 Å². The topological polar surface area (TPSA) is 61.4 Å². The summed E-state index contributed by atoms with van der Waals surface area (Å²) in [5.74, 6) is 0.990. The highest BCUT2D eigenvalue weighted by Gasteiger charge is 2.34. The van der Waals surface area contributed by atoms with E-state index in [4.69, 9.17) is 0 Å². The van der Waals surface area contributed by atoms with Crippen LogP contribution in [0.4, 0.5) is 5.69 Å². The number of nitrogens with zero attached hydrogens (tertiary/aromatic N) is 1. The van der Waals surface area contributed by atoms with E-state index in [0.717, 1.165) is 31.6 Å². The Bertz CT molecular complexity index is 608. The molecule has 0 radical (unpaired) electrons. The van der Waals surface area contributed by atoms with Gasteiger partial charge in [-0.25, -0.2) is 0 Å². The second kappa shape index (κ2) is 8.00. The van der Waals surface area contributed by atoms with E-state index in [0.29, 0.717) is 31.2 Å². The molecule has 25 heavy (non-hydrogen) atoms. The number of hydrogen-bond acceptors (Lipinski definition) is 3. The van der Waals surface area contributed by atoms with Crippen LogP contribution in [0.25, 0.3) is 0 Å². The average molecular weight is 343 g/mol. The van der Waals surface area contributed by atoms with Crippen molar-refractivity contribution in [1.82, 2.24) is 10.6 Å². The fraction of sp³-hybridized carbons (Fsp3) is 0.600. The van der Waals surface area contributed by atoms with Crippen LogP contribution in [0, 0.1) is 18.8 Å². The smallest absolute Gasteiger partial charge is 0.249 e. The number of anilines is 1. The van der Waals surface area contributed by atoms with Gasteiger partial charge in [0, 0.05) is 18.7 Å². The van der Waals surface area contributed by atoms with Crippen LogP contribution in [0.15, 0.2) is 24.3 Å². The number of carbonyl (C=O) groups excluding carboxylic acids is 2. The van der Waals surface area contributed by atoms with Crippen LogP contribution in [0.2, 0.25) is 0 Å². The maximum absolute atomic E-state index is 12.6. The third kappa shape index (κ3) is 4.40. The van der Waals surface area contributed by atoms with Crippen molar-refractivity contribution in [2.45, 2.75) is 45.6 Å². The zero-order valence-electron chi connectivity index (χ0n) is 15.3. The van der Waals surface area contributed by atoms with Crippen LogP contribution < -0.4 is 15.5 Å². The van der Waals surface area contributed by atoms with E-state index >= 15 is 0 Å². The van der Waals surface area contributed by atoms with Gasteiger partial charge in [0.15, 0.2) is 0 Å². The Morgan fingerprint density at radius 3 is 2.60 bits per heavy atom. The van der Waals surface area contributed by atoms with Gasteiger partial charge in [-0.05, 0) is 63.2 Å². The lowest BCUT2D eigenvalue weighted by molar-refractivity contribution is -0.127. The van der Waals surface area contributed by atoms with Gasteiger partial charge < -0.3 is 15.5 Å². The molecule has 136 valence electrons.